The number of aromatic nitrogens is 1. The third-order valence-electron chi connectivity index (χ3n) is 2.56. The zero-order chi connectivity index (χ0) is 13.3. The molecule has 0 aliphatic heterocycles. The average molecular weight is 262 g/mol. The van der Waals surface area contributed by atoms with E-state index in [0.717, 1.165) is 21.1 Å². The van der Waals surface area contributed by atoms with E-state index in [0.29, 0.717) is 0 Å². The lowest BCUT2D eigenvalue weighted by atomic mass is 10.1. The van der Waals surface area contributed by atoms with E-state index >= 15 is 0 Å². The second-order valence-corrected chi connectivity index (χ2v) is 5.36. The number of hydrogen-bond donors (Lipinski definition) is 2. The molecule has 0 saturated heterocycles. The Hall–Kier alpha value is -1.72. The first-order chi connectivity index (χ1) is 8.49. The van der Waals surface area contributed by atoms with Crippen LogP contribution in [-0.2, 0) is 0 Å². The van der Waals surface area contributed by atoms with Gasteiger partial charge in [-0.05, 0) is 26.0 Å². The second kappa shape index (κ2) is 4.88. The molecule has 18 heavy (non-hydrogen) atoms. The first-order valence-corrected chi connectivity index (χ1v) is 6.37. The van der Waals surface area contributed by atoms with Crippen LogP contribution in [0.25, 0.3) is 11.3 Å². The summed E-state index contributed by atoms with van der Waals surface area (Å²) in [6.45, 7) is 3.82. The smallest absolute Gasteiger partial charge is 0.335 e. The molecule has 2 aromatic rings. The molecule has 0 amide bonds. The van der Waals surface area contributed by atoms with E-state index in [-0.39, 0.29) is 11.6 Å². The van der Waals surface area contributed by atoms with Crippen molar-refractivity contribution < 1.29 is 9.90 Å². The summed E-state index contributed by atoms with van der Waals surface area (Å²) in [7, 11) is 0. The van der Waals surface area contributed by atoms with Crippen molar-refractivity contribution in [3.63, 3.8) is 0 Å². The van der Waals surface area contributed by atoms with Gasteiger partial charge in [-0.3, -0.25) is 0 Å². The minimum absolute atomic E-state index is 0.111. The number of carboxylic acid groups (broad SMARTS) is 1. The van der Waals surface area contributed by atoms with Crippen molar-refractivity contribution in [1.29, 1.82) is 0 Å². The van der Waals surface area contributed by atoms with Crippen molar-refractivity contribution in [2.75, 3.05) is 0 Å². The van der Waals surface area contributed by atoms with Crippen molar-refractivity contribution in [2.45, 2.75) is 19.9 Å². The number of aromatic carboxylic acids is 1. The Balaban J connectivity index is 2.54. The molecule has 4 nitrogen and oxygen atoms in total. The predicted molar refractivity (Wildman–Crippen MR) is 71.8 cm³/mol. The van der Waals surface area contributed by atoms with E-state index in [9.17, 15) is 4.79 Å². The van der Waals surface area contributed by atoms with Gasteiger partial charge in [0.15, 0.2) is 0 Å². The molecular weight excluding hydrogens is 248 g/mol. The maximum atomic E-state index is 11.0. The number of carboxylic acids is 1. The highest BCUT2D eigenvalue weighted by Crippen LogP contribution is 2.32. The topological polar surface area (TPSA) is 76.2 Å². The summed E-state index contributed by atoms with van der Waals surface area (Å²) in [5, 5.41) is 9.93. The van der Waals surface area contributed by atoms with Crippen LogP contribution < -0.4 is 5.73 Å². The number of nitrogens with zero attached hydrogens (tertiary/aromatic N) is 1. The van der Waals surface area contributed by atoms with E-state index in [1.54, 1.807) is 29.5 Å². The molecule has 1 unspecified atom stereocenters. The van der Waals surface area contributed by atoms with Gasteiger partial charge in [0.1, 0.15) is 0 Å². The van der Waals surface area contributed by atoms with Gasteiger partial charge in [0.05, 0.1) is 16.3 Å². The van der Waals surface area contributed by atoms with Gasteiger partial charge in [-0.25, -0.2) is 9.78 Å². The van der Waals surface area contributed by atoms with Gasteiger partial charge >= 0.3 is 5.97 Å². The van der Waals surface area contributed by atoms with Crippen molar-refractivity contribution >= 4 is 17.3 Å². The van der Waals surface area contributed by atoms with Crippen LogP contribution >= 0.6 is 11.3 Å². The standard InChI is InChI=1S/C13H14N2O2S/c1-7(14)12-11(15-8(2)18-12)9-4-3-5-10(6-9)13(16)17/h3-7H,14H2,1-2H3,(H,16,17). The number of thiazole rings is 1. The number of benzene rings is 1. The Morgan fingerprint density at radius 1 is 1.50 bits per heavy atom. The molecule has 5 heteroatoms. The maximum absolute atomic E-state index is 11.0. The van der Waals surface area contributed by atoms with Gasteiger partial charge in [-0.15, -0.1) is 11.3 Å². The third kappa shape index (κ3) is 2.42. The Kier molecular flexibility index (Phi) is 3.45. The molecule has 94 valence electrons. The molecule has 0 saturated carbocycles. The summed E-state index contributed by atoms with van der Waals surface area (Å²) >= 11 is 1.55. The molecule has 1 atom stereocenters. The van der Waals surface area contributed by atoms with Crippen LogP contribution in [0.3, 0.4) is 0 Å². The van der Waals surface area contributed by atoms with Crippen molar-refractivity contribution in [3.05, 3.63) is 39.7 Å². The Labute approximate surface area is 109 Å². The van der Waals surface area contributed by atoms with Crippen molar-refractivity contribution in [2.24, 2.45) is 5.73 Å². The maximum Gasteiger partial charge on any atom is 0.335 e. The van der Waals surface area contributed by atoms with Gasteiger partial charge in [0.2, 0.25) is 0 Å². The summed E-state index contributed by atoms with van der Waals surface area (Å²) in [5.41, 5.74) is 7.76. The molecule has 1 aromatic heterocycles. The quantitative estimate of drug-likeness (QED) is 0.891. The van der Waals surface area contributed by atoms with Crippen molar-refractivity contribution in [3.8, 4) is 11.3 Å². The van der Waals surface area contributed by atoms with Gasteiger partial charge in [0.25, 0.3) is 0 Å². The molecule has 1 heterocycles. The molecule has 0 radical (unpaired) electrons. The van der Waals surface area contributed by atoms with Gasteiger partial charge < -0.3 is 10.8 Å². The van der Waals surface area contributed by atoms with E-state index in [2.05, 4.69) is 4.98 Å². The fourth-order valence-electron chi connectivity index (χ4n) is 1.76. The summed E-state index contributed by atoms with van der Waals surface area (Å²) in [6.07, 6.45) is 0. The lowest BCUT2D eigenvalue weighted by Gasteiger charge is -2.06. The zero-order valence-corrected chi connectivity index (χ0v) is 11.0. The SMILES string of the molecule is Cc1nc(-c2cccc(C(=O)O)c2)c(C(C)N)s1. The average Bonchev–Trinajstić information content (AvgIpc) is 2.72. The first-order valence-electron chi connectivity index (χ1n) is 5.55. The molecule has 0 bridgehead atoms. The summed E-state index contributed by atoms with van der Waals surface area (Å²) < 4.78 is 0. The monoisotopic (exact) mass is 262 g/mol. The lowest BCUT2D eigenvalue weighted by molar-refractivity contribution is 0.0697. The minimum atomic E-state index is -0.939. The second-order valence-electron chi connectivity index (χ2n) is 4.12. The molecule has 0 spiro atoms. The van der Waals surface area contributed by atoms with Gasteiger partial charge in [-0.2, -0.15) is 0 Å². The molecule has 0 aliphatic rings. The van der Waals surface area contributed by atoms with E-state index in [4.69, 9.17) is 10.8 Å². The number of rotatable bonds is 3. The number of carbonyl (C=O) groups is 1. The molecular formula is C13H14N2O2S. The molecule has 0 aliphatic carbocycles. The highest BCUT2D eigenvalue weighted by atomic mass is 32.1. The van der Waals surface area contributed by atoms with E-state index < -0.39 is 5.97 Å². The Morgan fingerprint density at radius 2 is 2.22 bits per heavy atom. The number of hydrogen-bond acceptors (Lipinski definition) is 4. The van der Waals surface area contributed by atoms with Crippen LogP contribution in [0.5, 0.6) is 0 Å². The predicted octanol–water partition coefficient (Wildman–Crippen LogP) is 2.84. The molecule has 0 fully saturated rings. The summed E-state index contributed by atoms with van der Waals surface area (Å²) in [4.78, 5) is 16.4. The summed E-state index contributed by atoms with van der Waals surface area (Å²) in [5.74, 6) is -0.939. The molecule has 1 aromatic carbocycles. The van der Waals surface area contributed by atoms with Crippen LogP contribution in [0, 0.1) is 6.92 Å². The molecule has 3 N–H and O–H groups in total. The summed E-state index contributed by atoms with van der Waals surface area (Å²) in [6, 6.07) is 6.66. The zero-order valence-electron chi connectivity index (χ0n) is 10.2. The van der Waals surface area contributed by atoms with Crippen molar-refractivity contribution in [1.82, 2.24) is 4.98 Å². The fourth-order valence-corrected chi connectivity index (χ4v) is 2.66. The van der Waals surface area contributed by atoms with Gasteiger partial charge in [0, 0.05) is 16.5 Å². The Bertz CT molecular complexity index is 590. The normalized spacial score (nSPS) is 12.4. The Morgan fingerprint density at radius 3 is 2.83 bits per heavy atom. The van der Waals surface area contributed by atoms with Crippen LogP contribution in [0.4, 0.5) is 0 Å². The lowest BCUT2D eigenvalue weighted by Crippen LogP contribution is -2.04. The van der Waals surface area contributed by atoms with Crippen LogP contribution in [0.15, 0.2) is 24.3 Å². The van der Waals surface area contributed by atoms with Crippen LogP contribution in [-0.4, -0.2) is 16.1 Å². The highest BCUT2D eigenvalue weighted by molar-refractivity contribution is 7.12. The van der Waals surface area contributed by atoms with Gasteiger partial charge in [-0.1, -0.05) is 12.1 Å². The van der Waals surface area contributed by atoms with E-state index in [1.807, 2.05) is 19.9 Å². The fraction of sp³-hybridized carbons (Fsp3) is 0.231. The molecule has 2 rings (SSSR count). The largest absolute Gasteiger partial charge is 0.478 e. The van der Waals surface area contributed by atoms with Crippen LogP contribution in [0.2, 0.25) is 0 Å². The minimum Gasteiger partial charge on any atom is -0.478 e. The number of nitrogens with two attached hydrogens (primary N) is 1. The number of aryl methyl sites for hydroxylation is 1. The third-order valence-corrected chi connectivity index (χ3v) is 3.73. The first kappa shape index (κ1) is 12.7. The highest BCUT2D eigenvalue weighted by Gasteiger charge is 2.15. The van der Waals surface area contributed by atoms with Crippen LogP contribution in [0.1, 0.15) is 33.2 Å². The van der Waals surface area contributed by atoms with E-state index in [1.165, 1.54) is 0 Å².